The molecule has 10 nitrogen and oxygen atoms in total. The first-order chi connectivity index (χ1) is 16.2. The molecule has 5 N–H and O–H groups in total. The number of benzene rings is 1. The first-order valence-corrected chi connectivity index (χ1v) is 13.2. The summed E-state index contributed by atoms with van der Waals surface area (Å²) in [5, 5.41) is 37.0. The lowest BCUT2D eigenvalue weighted by Crippen LogP contribution is -2.36. The van der Waals surface area contributed by atoms with Gasteiger partial charge in [0.2, 0.25) is 0 Å². The van der Waals surface area contributed by atoms with Gasteiger partial charge >= 0.3 is 10.3 Å². The minimum Gasteiger partial charge on any atom is -0.390 e. The molecular weight excluding hydrogens is 478 g/mol. The van der Waals surface area contributed by atoms with Crippen molar-refractivity contribution in [2.24, 2.45) is 11.1 Å². The topological polar surface area (TPSA) is 152 Å². The van der Waals surface area contributed by atoms with Crippen LogP contribution in [-0.2, 0) is 20.9 Å². The van der Waals surface area contributed by atoms with Crippen LogP contribution < -0.4 is 10.5 Å². The monoisotopic (exact) mass is 503 g/mol. The van der Waals surface area contributed by atoms with Gasteiger partial charge in [0.1, 0.15) is 11.9 Å². The molecule has 1 saturated carbocycles. The van der Waals surface area contributed by atoms with E-state index in [9.17, 15) is 18.6 Å². The molecule has 0 radical (unpaired) electrons. The van der Waals surface area contributed by atoms with Crippen LogP contribution in [-0.4, -0.2) is 58.1 Å². The Morgan fingerprint density at radius 3 is 2.85 bits per heavy atom. The zero-order chi connectivity index (χ0) is 24.0. The van der Waals surface area contributed by atoms with Crippen molar-refractivity contribution in [2.45, 2.75) is 38.0 Å². The predicted molar refractivity (Wildman–Crippen MR) is 130 cm³/mol. The number of aryl methyl sites for hydroxylation is 1. The van der Waals surface area contributed by atoms with Crippen LogP contribution in [0.4, 0.5) is 5.82 Å². The lowest BCUT2D eigenvalue weighted by molar-refractivity contribution is 0.00777. The Bertz CT molecular complexity index is 1450. The van der Waals surface area contributed by atoms with Gasteiger partial charge in [0.05, 0.1) is 24.4 Å². The summed E-state index contributed by atoms with van der Waals surface area (Å²) in [7, 11) is -4.13. The lowest BCUT2D eigenvalue weighted by atomic mass is 10.1. The molecule has 180 valence electrons. The number of aliphatic hydroxyl groups is 2. The highest BCUT2D eigenvalue weighted by Crippen LogP contribution is 2.35. The number of anilines is 1. The predicted octanol–water partition coefficient (Wildman–Crippen LogP) is 1.92. The van der Waals surface area contributed by atoms with Crippen LogP contribution in [0.25, 0.3) is 27.0 Å². The molecule has 0 saturated heterocycles. The standard InChI is InChI=1S/C22H25N5O5S2/c1-2-12-3-4-18-14(7-12)15(11-33-18)16-9-20-24-6-5-19(27(20)26-16)25-17-8-13(21(28)22(17)29)10-32-34(23,30)31/h3-7,9,11,13,17,21-22,25,28-29H,2,8,10H2,1H3,(H2,23,30,31)/t13?,17-,21-,22+/m1/s1. The first-order valence-electron chi connectivity index (χ1n) is 10.9. The van der Waals surface area contributed by atoms with Crippen LogP contribution >= 0.6 is 11.3 Å². The summed E-state index contributed by atoms with van der Waals surface area (Å²) in [6.07, 6.45) is 0.592. The summed E-state index contributed by atoms with van der Waals surface area (Å²) >= 11 is 1.67. The van der Waals surface area contributed by atoms with Gasteiger partial charge in [-0.15, -0.1) is 11.3 Å². The van der Waals surface area contributed by atoms with Crippen LogP contribution in [0.1, 0.15) is 18.9 Å². The Morgan fingerprint density at radius 2 is 2.09 bits per heavy atom. The molecule has 4 atom stereocenters. The van der Waals surface area contributed by atoms with E-state index >= 15 is 0 Å². The summed E-state index contributed by atoms with van der Waals surface area (Å²) in [6, 6.07) is 9.56. The van der Waals surface area contributed by atoms with E-state index in [0.717, 1.165) is 23.1 Å². The third kappa shape index (κ3) is 4.40. The molecule has 0 amide bonds. The Morgan fingerprint density at radius 1 is 1.26 bits per heavy atom. The highest BCUT2D eigenvalue weighted by atomic mass is 32.2. The van der Waals surface area contributed by atoms with Crippen molar-refractivity contribution < 1.29 is 22.8 Å². The second-order valence-corrected chi connectivity index (χ2v) is 10.6. The van der Waals surface area contributed by atoms with Crippen LogP contribution in [0.3, 0.4) is 0 Å². The van der Waals surface area contributed by atoms with Crippen molar-refractivity contribution in [3.8, 4) is 11.3 Å². The Kier molecular flexibility index (Phi) is 6.04. The number of aromatic nitrogens is 3. The van der Waals surface area contributed by atoms with Crippen LogP contribution in [0.15, 0.2) is 41.9 Å². The molecular formula is C22H25N5O5S2. The Labute approximate surface area is 200 Å². The molecule has 4 aromatic rings. The summed E-state index contributed by atoms with van der Waals surface area (Å²) in [5.41, 5.74) is 3.70. The summed E-state index contributed by atoms with van der Waals surface area (Å²) in [4.78, 5) is 4.42. The van der Waals surface area contributed by atoms with Crippen molar-refractivity contribution in [3.63, 3.8) is 0 Å². The molecule has 5 rings (SSSR count). The molecule has 0 bridgehead atoms. The minimum atomic E-state index is -4.13. The van der Waals surface area contributed by atoms with Gasteiger partial charge in [-0.3, -0.25) is 4.18 Å². The second kappa shape index (κ2) is 8.87. The number of nitrogens with two attached hydrogens (primary N) is 1. The van der Waals surface area contributed by atoms with E-state index in [1.54, 1.807) is 28.1 Å². The number of nitrogens with zero attached hydrogens (tertiary/aromatic N) is 3. The summed E-state index contributed by atoms with van der Waals surface area (Å²) in [5.74, 6) is -0.00411. The number of rotatable bonds is 7. The van der Waals surface area contributed by atoms with E-state index in [-0.39, 0.29) is 13.0 Å². The van der Waals surface area contributed by atoms with E-state index in [2.05, 4.69) is 45.0 Å². The van der Waals surface area contributed by atoms with Crippen molar-refractivity contribution in [1.29, 1.82) is 0 Å². The van der Waals surface area contributed by atoms with Crippen LogP contribution in [0, 0.1) is 5.92 Å². The fourth-order valence-electron chi connectivity index (χ4n) is 4.44. The zero-order valence-corrected chi connectivity index (χ0v) is 20.0. The number of aliphatic hydroxyl groups excluding tert-OH is 2. The number of nitrogens with one attached hydrogen (secondary N) is 1. The van der Waals surface area contributed by atoms with Crippen LogP contribution in [0.2, 0.25) is 0 Å². The van der Waals surface area contributed by atoms with Gasteiger partial charge in [-0.05, 0) is 36.6 Å². The molecule has 0 aliphatic heterocycles. The van der Waals surface area contributed by atoms with Crippen molar-refractivity contribution in [1.82, 2.24) is 14.6 Å². The molecule has 3 aromatic heterocycles. The number of fused-ring (bicyclic) bond motifs is 2. The fourth-order valence-corrected chi connectivity index (χ4v) is 5.74. The molecule has 1 unspecified atom stereocenters. The van der Waals surface area contributed by atoms with E-state index in [1.165, 1.54) is 10.3 Å². The molecule has 1 aliphatic rings. The molecule has 12 heteroatoms. The van der Waals surface area contributed by atoms with E-state index in [1.807, 2.05) is 6.07 Å². The van der Waals surface area contributed by atoms with Gasteiger partial charge < -0.3 is 15.5 Å². The van der Waals surface area contributed by atoms with Crippen molar-refractivity contribution in [2.75, 3.05) is 11.9 Å². The minimum absolute atomic E-state index is 0.282. The molecule has 1 fully saturated rings. The van der Waals surface area contributed by atoms with Gasteiger partial charge in [-0.2, -0.15) is 18.0 Å². The van der Waals surface area contributed by atoms with Gasteiger partial charge in [0.15, 0.2) is 5.65 Å². The van der Waals surface area contributed by atoms with Crippen molar-refractivity contribution in [3.05, 3.63) is 47.5 Å². The van der Waals surface area contributed by atoms with E-state index < -0.39 is 34.5 Å². The zero-order valence-electron chi connectivity index (χ0n) is 18.3. The molecule has 1 aromatic carbocycles. The van der Waals surface area contributed by atoms with Crippen LogP contribution in [0.5, 0.6) is 0 Å². The highest BCUT2D eigenvalue weighted by Gasteiger charge is 2.42. The third-order valence-electron chi connectivity index (χ3n) is 6.26. The maximum absolute atomic E-state index is 11.1. The average Bonchev–Trinajstić information content (AvgIpc) is 3.49. The summed E-state index contributed by atoms with van der Waals surface area (Å²) < 4.78 is 29.7. The second-order valence-electron chi connectivity index (χ2n) is 8.47. The number of thiophene rings is 1. The normalized spacial score (nSPS) is 23.2. The molecule has 1 aliphatic carbocycles. The Balaban J connectivity index is 1.43. The smallest absolute Gasteiger partial charge is 0.333 e. The third-order valence-corrected chi connectivity index (χ3v) is 7.69. The molecule has 3 heterocycles. The maximum atomic E-state index is 11.1. The van der Waals surface area contributed by atoms with Crippen molar-refractivity contribution >= 4 is 43.2 Å². The fraction of sp³-hybridized carbons (Fsp3) is 0.364. The van der Waals surface area contributed by atoms with Gasteiger partial charge in [0, 0.05) is 39.2 Å². The highest BCUT2D eigenvalue weighted by molar-refractivity contribution is 7.84. The number of hydrogen-bond acceptors (Lipinski definition) is 9. The largest absolute Gasteiger partial charge is 0.390 e. The van der Waals surface area contributed by atoms with E-state index in [4.69, 9.17) is 10.2 Å². The molecule has 34 heavy (non-hydrogen) atoms. The van der Waals surface area contributed by atoms with Gasteiger partial charge in [-0.1, -0.05) is 13.0 Å². The van der Waals surface area contributed by atoms with Gasteiger partial charge in [-0.25, -0.2) is 10.1 Å². The first kappa shape index (κ1) is 23.1. The SMILES string of the molecule is CCc1ccc2scc(-c3cc4nccc(N[C@@H]5CC(COS(N)(=O)=O)[C@@H](O)[C@H]5O)n4n3)c2c1. The summed E-state index contributed by atoms with van der Waals surface area (Å²) in [6.45, 7) is 1.82. The maximum Gasteiger partial charge on any atom is 0.333 e. The molecule has 0 spiro atoms. The average molecular weight is 504 g/mol. The number of hydrogen-bond donors (Lipinski definition) is 4. The lowest BCUT2D eigenvalue weighted by Gasteiger charge is -2.19. The quantitative estimate of drug-likeness (QED) is 0.298. The Hall–Kier alpha value is -2.61. The van der Waals surface area contributed by atoms with E-state index in [0.29, 0.717) is 11.5 Å². The van der Waals surface area contributed by atoms with Gasteiger partial charge in [0.25, 0.3) is 0 Å².